The van der Waals surface area contributed by atoms with Gasteiger partial charge in [0.1, 0.15) is 5.56 Å². The molecule has 0 spiro atoms. The van der Waals surface area contributed by atoms with Crippen LogP contribution in [0.4, 0.5) is 22.0 Å². The Labute approximate surface area is 113 Å². The maximum absolute atomic E-state index is 13.1. The topological polar surface area (TPSA) is 63.1 Å². The van der Waals surface area contributed by atoms with Gasteiger partial charge in [-0.1, -0.05) is 0 Å². The lowest BCUT2D eigenvalue weighted by Gasteiger charge is -2.10. The largest absolute Gasteiger partial charge is 0.478 e. The molecule has 21 heavy (non-hydrogen) atoms. The average Bonchev–Trinajstić information content (AvgIpc) is 2.40. The first-order valence-electron chi connectivity index (χ1n) is 5.33. The molecule has 0 bridgehead atoms. The molecule has 1 aromatic carbocycles. The van der Waals surface area contributed by atoms with Crippen LogP contribution in [0.2, 0.25) is 0 Å². The molecule has 4 nitrogen and oxygen atoms in total. The Balaban J connectivity index is 2.61. The molecule has 2 rings (SSSR count). The number of hydrogen-bond acceptors (Lipinski definition) is 3. The van der Waals surface area contributed by atoms with Crippen molar-refractivity contribution in [3.63, 3.8) is 0 Å². The van der Waals surface area contributed by atoms with E-state index in [1.807, 2.05) is 0 Å². The summed E-state index contributed by atoms with van der Waals surface area (Å²) in [6.45, 7) is 0. The summed E-state index contributed by atoms with van der Waals surface area (Å²) in [4.78, 5) is 17.3. The third-order valence-electron chi connectivity index (χ3n) is 2.47. The Morgan fingerprint density at radius 1 is 1.14 bits per heavy atom. The van der Waals surface area contributed by atoms with Gasteiger partial charge in [-0.15, -0.1) is 0 Å². The van der Waals surface area contributed by atoms with Crippen LogP contribution in [0.25, 0.3) is 11.4 Å². The molecule has 0 atom stereocenters. The van der Waals surface area contributed by atoms with Gasteiger partial charge in [0.15, 0.2) is 23.2 Å². The van der Waals surface area contributed by atoms with E-state index in [4.69, 9.17) is 5.11 Å². The van der Waals surface area contributed by atoms with Crippen LogP contribution in [0, 0.1) is 11.6 Å². The van der Waals surface area contributed by atoms with Gasteiger partial charge in [-0.2, -0.15) is 13.2 Å². The van der Waals surface area contributed by atoms with E-state index in [0.29, 0.717) is 18.3 Å². The molecular formula is C12H5F5N2O2. The van der Waals surface area contributed by atoms with Crippen LogP contribution in [0.15, 0.2) is 24.4 Å². The second kappa shape index (κ2) is 5.08. The molecular weight excluding hydrogens is 299 g/mol. The van der Waals surface area contributed by atoms with E-state index in [2.05, 4.69) is 9.97 Å². The summed E-state index contributed by atoms with van der Waals surface area (Å²) >= 11 is 0. The zero-order valence-electron chi connectivity index (χ0n) is 9.95. The molecule has 0 unspecified atom stereocenters. The van der Waals surface area contributed by atoms with E-state index in [9.17, 15) is 26.7 Å². The number of rotatable bonds is 2. The van der Waals surface area contributed by atoms with Crippen LogP contribution in [0.3, 0.4) is 0 Å². The van der Waals surface area contributed by atoms with Gasteiger partial charge < -0.3 is 5.11 Å². The van der Waals surface area contributed by atoms with Crippen LogP contribution in [-0.4, -0.2) is 21.0 Å². The van der Waals surface area contributed by atoms with Crippen molar-refractivity contribution in [3.05, 3.63) is 47.3 Å². The Bertz CT molecular complexity index is 715. The molecule has 0 saturated carbocycles. The summed E-state index contributed by atoms with van der Waals surface area (Å²) in [6, 6.07) is 2.30. The van der Waals surface area contributed by atoms with E-state index >= 15 is 0 Å². The van der Waals surface area contributed by atoms with E-state index in [-0.39, 0.29) is 5.56 Å². The van der Waals surface area contributed by atoms with Crippen molar-refractivity contribution in [2.24, 2.45) is 0 Å². The number of nitrogens with zero attached hydrogens (tertiary/aromatic N) is 2. The fourth-order valence-electron chi connectivity index (χ4n) is 1.53. The monoisotopic (exact) mass is 304 g/mol. The van der Waals surface area contributed by atoms with Gasteiger partial charge in [-0.3, -0.25) is 0 Å². The maximum Gasteiger partial charge on any atom is 0.434 e. The molecule has 1 heterocycles. The lowest BCUT2D eigenvalue weighted by Crippen LogP contribution is -2.16. The van der Waals surface area contributed by atoms with E-state index in [1.165, 1.54) is 0 Å². The number of halogens is 5. The molecule has 2 aromatic rings. The lowest BCUT2D eigenvalue weighted by atomic mass is 10.1. The van der Waals surface area contributed by atoms with Crippen molar-refractivity contribution in [2.75, 3.05) is 0 Å². The highest BCUT2D eigenvalue weighted by Gasteiger charge is 2.38. The van der Waals surface area contributed by atoms with Gasteiger partial charge in [0.05, 0.1) is 0 Å². The highest BCUT2D eigenvalue weighted by atomic mass is 19.4. The maximum atomic E-state index is 13.1. The van der Waals surface area contributed by atoms with Crippen LogP contribution in [-0.2, 0) is 6.18 Å². The zero-order valence-corrected chi connectivity index (χ0v) is 9.95. The lowest BCUT2D eigenvalue weighted by molar-refractivity contribution is -0.141. The quantitative estimate of drug-likeness (QED) is 0.866. The Morgan fingerprint density at radius 3 is 2.33 bits per heavy atom. The average molecular weight is 304 g/mol. The van der Waals surface area contributed by atoms with E-state index in [0.717, 1.165) is 6.07 Å². The smallest absolute Gasteiger partial charge is 0.434 e. The summed E-state index contributed by atoms with van der Waals surface area (Å²) in [5.41, 5.74) is -3.00. The van der Waals surface area contributed by atoms with Crippen molar-refractivity contribution in [1.29, 1.82) is 0 Å². The number of carboxylic acids is 1. The molecule has 0 aliphatic heterocycles. The number of carboxylic acid groups (broad SMARTS) is 1. The van der Waals surface area contributed by atoms with Crippen LogP contribution in [0.1, 0.15) is 16.1 Å². The molecule has 9 heteroatoms. The zero-order chi connectivity index (χ0) is 15.8. The Kier molecular flexibility index (Phi) is 3.58. The normalized spacial score (nSPS) is 11.5. The SMILES string of the molecule is O=C(O)c1cnc(-c2ccc(F)c(F)c2)nc1C(F)(F)F. The van der Waals surface area contributed by atoms with Gasteiger partial charge in [-0.05, 0) is 18.2 Å². The highest BCUT2D eigenvalue weighted by molar-refractivity contribution is 5.89. The standard InChI is InChI=1S/C12H5F5N2O2/c13-7-2-1-5(3-8(7)14)10-18-4-6(11(20)21)9(19-10)12(15,16)17/h1-4H,(H,20,21). The minimum absolute atomic E-state index is 0.212. The van der Waals surface area contributed by atoms with Gasteiger partial charge in [-0.25, -0.2) is 23.5 Å². The molecule has 1 aromatic heterocycles. The third kappa shape index (κ3) is 2.96. The van der Waals surface area contributed by atoms with Crippen molar-refractivity contribution in [3.8, 4) is 11.4 Å². The fourth-order valence-corrected chi connectivity index (χ4v) is 1.53. The van der Waals surface area contributed by atoms with E-state index < -0.39 is 40.9 Å². The Hall–Kier alpha value is -2.58. The minimum Gasteiger partial charge on any atom is -0.478 e. The molecule has 0 amide bonds. The van der Waals surface area contributed by atoms with Gasteiger partial charge in [0.25, 0.3) is 0 Å². The van der Waals surface area contributed by atoms with Gasteiger partial charge in [0.2, 0.25) is 0 Å². The summed E-state index contributed by atoms with van der Waals surface area (Å²) in [5.74, 6) is -4.88. The van der Waals surface area contributed by atoms with Crippen molar-refractivity contribution in [1.82, 2.24) is 9.97 Å². The van der Waals surface area contributed by atoms with Crippen LogP contribution >= 0.6 is 0 Å². The second-order valence-corrected chi connectivity index (χ2v) is 3.89. The number of aromatic nitrogens is 2. The first-order valence-corrected chi connectivity index (χ1v) is 5.33. The Morgan fingerprint density at radius 2 is 1.81 bits per heavy atom. The van der Waals surface area contributed by atoms with Gasteiger partial charge in [0, 0.05) is 11.8 Å². The number of carbonyl (C=O) groups is 1. The third-order valence-corrected chi connectivity index (χ3v) is 2.47. The number of alkyl halides is 3. The fraction of sp³-hybridized carbons (Fsp3) is 0.0833. The molecule has 0 aliphatic rings. The van der Waals surface area contributed by atoms with Crippen LogP contribution < -0.4 is 0 Å². The first kappa shape index (κ1) is 14.8. The van der Waals surface area contributed by atoms with Crippen molar-refractivity contribution < 1.29 is 31.9 Å². The van der Waals surface area contributed by atoms with Crippen LogP contribution in [0.5, 0.6) is 0 Å². The van der Waals surface area contributed by atoms with E-state index in [1.54, 1.807) is 0 Å². The second-order valence-electron chi connectivity index (χ2n) is 3.89. The summed E-state index contributed by atoms with van der Waals surface area (Å²) in [5, 5.41) is 8.68. The van der Waals surface area contributed by atoms with Crippen molar-refractivity contribution >= 4 is 5.97 Å². The number of hydrogen-bond donors (Lipinski definition) is 1. The molecule has 110 valence electrons. The molecule has 0 saturated heterocycles. The highest BCUT2D eigenvalue weighted by Crippen LogP contribution is 2.31. The number of benzene rings is 1. The summed E-state index contributed by atoms with van der Waals surface area (Å²) in [6.07, 6.45) is -4.56. The summed E-state index contributed by atoms with van der Waals surface area (Å²) in [7, 11) is 0. The predicted molar refractivity (Wildman–Crippen MR) is 59.3 cm³/mol. The number of aromatic carboxylic acids is 1. The summed E-state index contributed by atoms with van der Waals surface area (Å²) < 4.78 is 64.1. The van der Waals surface area contributed by atoms with Gasteiger partial charge >= 0.3 is 12.1 Å². The first-order chi connectivity index (χ1) is 9.70. The predicted octanol–water partition coefficient (Wildman–Crippen LogP) is 3.14. The molecule has 0 radical (unpaired) electrons. The molecule has 0 aliphatic carbocycles. The minimum atomic E-state index is -5.02. The molecule has 0 fully saturated rings. The van der Waals surface area contributed by atoms with Crippen molar-refractivity contribution in [2.45, 2.75) is 6.18 Å². The molecule has 1 N–H and O–H groups in total.